The van der Waals surface area contributed by atoms with E-state index in [4.69, 9.17) is 4.74 Å². The van der Waals surface area contributed by atoms with E-state index in [1.807, 2.05) is 31.2 Å². The average molecular weight is 383 g/mol. The highest BCUT2D eigenvalue weighted by molar-refractivity contribution is 7.22. The van der Waals surface area contributed by atoms with Gasteiger partial charge in [0.05, 0.1) is 22.4 Å². The number of allylic oxidation sites excluding steroid dienone is 1. The molecular weight excluding hydrogens is 362 g/mol. The number of carbonyl (C=O) groups is 2. The Morgan fingerprint density at radius 3 is 2.74 bits per heavy atom. The Kier molecular flexibility index (Phi) is 5.41. The number of hydrogen-bond donors (Lipinski definition) is 1. The average Bonchev–Trinajstić information content (AvgIpc) is 3.13. The SMILES string of the molecule is C=CCn1c(C)c(C(=O)Nc2nc3ccccc3s2)c(C)c1C(=O)OCC. The monoisotopic (exact) mass is 383 g/mol. The van der Waals surface area contributed by atoms with Gasteiger partial charge in [-0.05, 0) is 38.5 Å². The fraction of sp³-hybridized carbons (Fsp3) is 0.250. The van der Waals surface area contributed by atoms with E-state index in [1.54, 1.807) is 24.5 Å². The number of anilines is 1. The third-order valence-electron chi connectivity index (χ3n) is 4.29. The van der Waals surface area contributed by atoms with Gasteiger partial charge in [0.25, 0.3) is 5.91 Å². The lowest BCUT2D eigenvalue weighted by Crippen LogP contribution is -2.14. The lowest BCUT2D eigenvalue weighted by molar-refractivity contribution is 0.0513. The topological polar surface area (TPSA) is 73.2 Å². The summed E-state index contributed by atoms with van der Waals surface area (Å²) in [6.45, 7) is 9.74. The summed E-state index contributed by atoms with van der Waals surface area (Å²) in [6, 6.07) is 7.69. The minimum absolute atomic E-state index is 0.268. The summed E-state index contributed by atoms with van der Waals surface area (Å²) in [5.74, 6) is -0.739. The molecule has 0 saturated carbocycles. The molecule has 2 aromatic heterocycles. The molecule has 2 heterocycles. The highest BCUT2D eigenvalue weighted by atomic mass is 32.1. The van der Waals surface area contributed by atoms with Crippen LogP contribution in [0.2, 0.25) is 0 Å². The number of amides is 1. The van der Waals surface area contributed by atoms with Crippen LogP contribution >= 0.6 is 11.3 Å². The number of fused-ring (bicyclic) bond motifs is 1. The number of nitrogens with zero attached hydrogens (tertiary/aromatic N) is 2. The molecule has 3 rings (SSSR count). The second-order valence-electron chi connectivity index (χ2n) is 5.99. The van der Waals surface area contributed by atoms with E-state index in [1.165, 1.54) is 11.3 Å². The molecule has 0 unspecified atom stereocenters. The minimum Gasteiger partial charge on any atom is -0.461 e. The number of thiazole rings is 1. The highest BCUT2D eigenvalue weighted by Crippen LogP contribution is 2.28. The van der Waals surface area contributed by atoms with Crippen molar-refractivity contribution in [2.24, 2.45) is 0 Å². The van der Waals surface area contributed by atoms with Gasteiger partial charge in [-0.25, -0.2) is 9.78 Å². The van der Waals surface area contributed by atoms with Crippen molar-refractivity contribution in [3.05, 3.63) is 59.4 Å². The Morgan fingerprint density at radius 2 is 2.07 bits per heavy atom. The summed E-state index contributed by atoms with van der Waals surface area (Å²) in [5.41, 5.74) is 2.95. The van der Waals surface area contributed by atoms with Crippen LogP contribution in [0.1, 0.15) is 39.0 Å². The number of benzene rings is 1. The second-order valence-corrected chi connectivity index (χ2v) is 7.03. The first-order valence-electron chi connectivity index (χ1n) is 8.62. The van der Waals surface area contributed by atoms with E-state index in [0.717, 1.165) is 10.2 Å². The van der Waals surface area contributed by atoms with Crippen LogP contribution in [-0.4, -0.2) is 28.0 Å². The van der Waals surface area contributed by atoms with Gasteiger partial charge in [0.2, 0.25) is 0 Å². The summed E-state index contributed by atoms with van der Waals surface area (Å²) >= 11 is 1.41. The standard InChI is InChI=1S/C20H21N3O3S/c1-5-11-23-13(4)16(12(3)17(23)19(25)26-6-2)18(24)22-20-21-14-9-7-8-10-15(14)27-20/h5,7-10H,1,6,11H2,2-4H3,(H,21,22,24). The van der Waals surface area contributed by atoms with Crippen LogP contribution in [0.15, 0.2) is 36.9 Å². The molecule has 0 atom stereocenters. The van der Waals surface area contributed by atoms with Crippen LogP contribution in [0, 0.1) is 13.8 Å². The van der Waals surface area contributed by atoms with Crippen LogP contribution in [0.5, 0.6) is 0 Å². The van der Waals surface area contributed by atoms with E-state index in [2.05, 4.69) is 16.9 Å². The Bertz CT molecular complexity index is 1000. The van der Waals surface area contributed by atoms with E-state index in [0.29, 0.717) is 34.2 Å². The van der Waals surface area contributed by atoms with Crippen molar-refractivity contribution in [2.45, 2.75) is 27.3 Å². The van der Waals surface area contributed by atoms with E-state index >= 15 is 0 Å². The largest absolute Gasteiger partial charge is 0.461 e. The molecule has 1 N–H and O–H groups in total. The smallest absolute Gasteiger partial charge is 0.355 e. The van der Waals surface area contributed by atoms with E-state index in [9.17, 15) is 9.59 Å². The summed E-state index contributed by atoms with van der Waals surface area (Å²) < 4.78 is 7.92. The highest BCUT2D eigenvalue weighted by Gasteiger charge is 2.27. The number of aromatic nitrogens is 2. The van der Waals surface area contributed by atoms with Gasteiger partial charge in [-0.15, -0.1) is 6.58 Å². The van der Waals surface area contributed by atoms with E-state index < -0.39 is 5.97 Å². The molecule has 0 aliphatic heterocycles. The van der Waals surface area contributed by atoms with Gasteiger partial charge in [0.1, 0.15) is 5.69 Å². The fourth-order valence-corrected chi connectivity index (χ4v) is 4.00. The molecule has 0 aliphatic rings. The first-order chi connectivity index (χ1) is 13.0. The van der Waals surface area contributed by atoms with Crippen LogP contribution < -0.4 is 5.32 Å². The van der Waals surface area contributed by atoms with E-state index in [-0.39, 0.29) is 12.5 Å². The molecule has 6 nitrogen and oxygen atoms in total. The lowest BCUT2D eigenvalue weighted by atomic mass is 10.1. The van der Waals surface area contributed by atoms with Gasteiger partial charge >= 0.3 is 5.97 Å². The van der Waals surface area contributed by atoms with Gasteiger partial charge in [0, 0.05) is 12.2 Å². The van der Waals surface area contributed by atoms with Crippen molar-refractivity contribution in [3.8, 4) is 0 Å². The minimum atomic E-state index is -0.445. The third-order valence-corrected chi connectivity index (χ3v) is 5.24. The van der Waals surface area contributed by atoms with Crippen LogP contribution in [-0.2, 0) is 11.3 Å². The second kappa shape index (κ2) is 7.75. The zero-order chi connectivity index (χ0) is 19.6. The molecule has 0 radical (unpaired) electrons. The van der Waals surface area contributed by atoms with Crippen molar-refractivity contribution in [1.82, 2.24) is 9.55 Å². The van der Waals surface area contributed by atoms with Crippen molar-refractivity contribution in [3.63, 3.8) is 0 Å². The van der Waals surface area contributed by atoms with Crippen LogP contribution in [0.3, 0.4) is 0 Å². The molecule has 0 aliphatic carbocycles. The molecule has 0 spiro atoms. The van der Waals surface area contributed by atoms with Crippen molar-refractivity contribution in [2.75, 3.05) is 11.9 Å². The summed E-state index contributed by atoms with van der Waals surface area (Å²) in [4.78, 5) is 29.8. The molecule has 1 aromatic carbocycles. The normalized spacial score (nSPS) is 10.8. The van der Waals surface area contributed by atoms with Gasteiger partial charge in [0.15, 0.2) is 5.13 Å². The maximum absolute atomic E-state index is 12.9. The van der Waals surface area contributed by atoms with Gasteiger partial charge in [-0.1, -0.05) is 29.5 Å². The summed E-state index contributed by atoms with van der Waals surface area (Å²) in [6.07, 6.45) is 1.68. The Balaban J connectivity index is 1.99. The molecule has 7 heteroatoms. The van der Waals surface area contributed by atoms with Crippen LogP contribution in [0.25, 0.3) is 10.2 Å². The maximum atomic E-state index is 12.9. The quantitative estimate of drug-likeness (QED) is 0.508. The summed E-state index contributed by atoms with van der Waals surface area (Å²) in [7, 11) is 0. The number of rotatable bonds is 6. The van der Waals surface area contributed by atoms with Crippen molar-refractivity contribution in [1.29, 1.82) is 0 Å². The van der Waals surface area contributed by atoms with Gasteiger partial charge in [-0.3, -0.25) is 10.1 Å². The zero-order valence-electron chi connectivity index (χ0n) is 15.5. The number of carbonyl (C=O) groups excluding carboxylic acids is 2. The fourth-order valence-electron chi connectivity index (χ4n) is 3.13. The predicted molar refractivity (Wildman–Crippen MR) is 108 cm³/mol. The number of para-hydroxylation sites is 1. The van der Waals surface area contributed by atoms with Crippen molar-refractivity contribution < 1.29 is 14.3 Å². The third kappa shape index (κ3) is 3.50. The number of nitrogens with one attached hydrogen (secondary N) is 1. The number of hydrogen-bond acceptors (Lipinski definition) is 5. The molecule has 1 amide bonds. The first kappa shape index (κ1) is 18.8. The molecule has 0 bridgehead atoms. The molecular formula is C20H21N3O3S. The molecule has 0 saturated heterocycles. The first-order valence-corrected chi connectivity index (χ1v) is 9.44. The molecule has 0 fully saturated rings. The summed E-state index contributed by atoms with van der Waals surface area (Å²) in [5, 5.41) is 3.38. The maximum Gasteiger partial charge on any atom is 0.355 e. The molecule has 27 heavy (non-hydrogen) atoms. The predicted octanol–water partition coefficient (Wildman–Crippen LogP) is 4.33. The Morgan fingerprint density at radius 1 is 1.33 bits per heavy atom. The molecule has 140 valence electrons. The lowest BCUT2D eigenvalue weighted by Gasteiger charge is -2.08. The zero-order valence-corrected chi connectivity index (χ0v) is 16.4. The van der Waals surface area contributed by atoms with Gasteiger partial charge in [-0.2, -0.15) is 0 Å². The van der Waals surface area contributed by atoms with Crippen molar-refractivity contribution >= 4 is 38.6 Å². The van der Waals surface area contributed by atoms with Crippen LogP contribution in [0.4, 0.5) is 5.13 Å². The Hall–Kier alpha value is -2.93. The number of esters is 1. The Labute approximate surface area is 161 Å². The number of ether oxygens (including phenoxy) is 1. The molecule has 3 aromatic rings. The van der Waals surface area contributed by atoms with Gasteiger partial charge < -0.3 is 9.30 Å².